The van der Waals surface area contributed by atoms with E-state index in [0.29, 0.717) is 30.2 Å². The molecule has 1 atom stereocenters. The van der Waals surface area contributed by atoms with Gasteiger partial charge in [0, 0.05) is 33.0 Å². The molecule has 1 aromatic carbocycles. The van der Waals surface area contributed by atoms with Crippen LogP contribution in [0, 0.1) is 5.92 Å². The van der Waals surface area contributed by atoms with Crippen molar-refractivity contribution >= 4 is 35.1 Å². The van der Waals surface area contributed by atoms with Gasteiger partial charge in [-0.1, -0.05) is 23.7 Å². The maximum absolute atomic E-state index is 12.5. The van der Waals surface area contributed by atoms with Gasteiger partial charge < -0.3 is 14.5 Å². The fourth-order valence-electron chi connectivity index (χ4n) is 2.76. The van der Waals surface area contributed by atoms with Gasteiger partial charge in [0.25, 0.3) is 0 Å². The molecule has 0 aliphatic carbocycles. The van der Waals surface area contributed by atoms with E-state index in [9.17, 15) is 14.4 Å². The van der Waals surface area contributed by atoms with Gasteiger partial charge in [-0.3, -0.25) is 14.4 Å². The number of hydrogen-bond acceptors (Lipinski definition) is 4. The summed E-state index contributed by atoms with van der Waals surface area (Å²) in [6.07, 6.45) is 0.971. The molecular weight excluding hydrogens is 332 g/mol. The van der Waals surface area contributed by atoms with Gasteiger partial charge in [-0.25, -0.2) is 0 Å². The number of anilines is 1. The molecule has 1 heterocycles. The molecule has 0 N–H and O–H groups in total. The van der Waals surface area contributed by atoms with Crippen molar-refractivity contribution in [2.75, 3.05) is 32.1 Å². The van der Waals surface area contributed by atoms with Gasteiger partial charge in [-0.2, -0.15) is 0 Å². The van der Waals surface area contributed by atoms with E-state index in [1.807, 2.05) is 6.07 Å². The Hall–Kier alpha value is -2.08. The fraction of sp³-hybridized carbons (Fsp3) is 0.471. The minimum Gasteiger partial charge on any atom is -0.469 e. The number of carbonyl (C=O) groups excluding carboxylic acids is 3. The number of nitrogens with zero attached hydrogens (tertiary/aromatic N) is 2. The van der Waals surface area contributed by atoms with Gasteiger partial charge in [0.05, 0.1) is 23.7 Å². The van der Waals surface area contributed by atoms with Crippen molar-refractivity contribution in [2.45, 2.75) is 19.3 Å². The molecule has 6 nitrogen and oxygen atoms in total. The number of ether oxygens (including phenoxy) is 1. The Labute approximate surface area is 146 Å². The summed E-state index contributed by atoms with van der Waals surface area (Å²) in [6.45, 7) is 0.771. The zero-order valence-corrected chi connectivity index (χ0v) is 14.6. The number of methoxy groups -OCH3 is 1. The van der Waals surface area contributed by atoms with Gasteiger partial charge in [0.1, 0.15) is 0 Å². The zero-order valence-electron chi connectivity index (χ0n) is 13.8. The Morgan fingerprint density at radius 3 is 2.75 bits per heavy atom. The molecule has 24 heavy (non-hydrogen) atoms. The Morgan fingerprint density at radius 1 is 1.38 bits per heavy atom. The van der Waals surface area contributed by atoms with Gasteiger partial charge in [0.2, 0.25) is 11.8 Å². The highest BCUT2D eigenvalue weighted by Gasteiger charge is 2.37. The smallest absolute Gasteiger partial charge is 0.305 e. The highest BCUT2D eigenvalue weighted by molar-refractivity contribution is 6.33. The third kappa shape index (κ3) is 4.26. The lowest BCUT2D eigenvalue weighted by Gasteiger charge is -2.21. The fourth-order valence-corrected chi connectivity index (χ4v) is 3.00. The summed E-state index contributed by atoms with van der Waals surface area (Å²) in [5, 5.41) is 0.491. The Kier molecular flexibility index (Phi) is 6.20. The van der Waals surface area contributed by atoms with Crippen molar-refractivity contribution in [2.24, 2.45) is 5.92 Å². The summed E-state index contributed by atoms with van der Waals surface area (Å²) in [4.78, 5) is 39.0. The first kappa shape index (κ1) is 18.3. The van der Waals surface area contributed by atoms with Crippen molar-refractivity contribution in [3.8, 4) is 0 Å². The van der Waals surface area contributed by atoms with Crippen molar-refractivity contribution < 1.29 is 19.1 Å². The van der Waals surface area contributed by atoms with Crippen molar-refractivity contribution in [1.82, 2.24) is 4.90 Å². The molecule has 130 valence electrons. The standard InChI is InChI=1S/C17H21ClN2O4/c1-19(9-5-8-16(22)24-2)17(23)12-10-15(21)20(11-12)14-7-4-3-6-13(14)18/h3-4,6-7,12H,5,8-11H2,1-2H3. The quantitative estimate of drug-likeness (QED) is 0.735. The van der Waals surface area contributed by atoms with Crippen LogP contribution in [0.1, 0.15) is 19.3 Å². The van der Waals surface area contributed by atoms with Gasteiger partial charge in [0.15, 0.2) is 0 Å². The number of halogens is 1. The molecule has 0 spiro atoms. The summed E-state index contributed by atoms with van der Waals surface area (Å²) >= 11 is 6.14. The van der Waals surface area contributed by atoms with E-state index < -0.39 is 5.92 Å². The summed E-state index contributed by atoms with van der Waals surface area (Å²) in [5.41, 5.74) is 0.632. The lowest BCUT2D eigenvalue weighted by molar-refractivity contribution is -0.141. The van der Waals surface area contributed by atoms with E-state index in [-0.39, 0.29) is 30.6 Å². The number of hydrogen-bond donors (Lipinski definition) is 0. The Morgan fingerprint density at radius 2 is 2.08 bits per heavy atom. The van der Waals surface area contributed by atoms with Crippen LogP contribution in [-0.4, -0.2) is 49.9 Å². The largest absolute Gasteiger partial charge is 0.469 e. The van der Waals surface area contributed by atoms with Crippen LogP contribution in [0.5, 0.6) is 0 Å². The zero-order chi connectivity index (χ0) is 17.7. The van der Waals surface area contributed by atoms with E-state index in [4.69, 9.17) is 11.6 Å². The average molecular weight is 353 g/mol. The Bertz CT molecular complexity index is 635. The van der Waals surface area contributed by atoms with Crippen LogP contribution in [0.4, 0.5) is 5.69 Å². The molecule has 0 saturated carbocycles. The van der Waals surface area contributed by atoms with Gasteiger partial charge in [-0.05, 0) is 18.6 Å². The molecule has 0 bridgehead atoms. The summed E-state index contributed by atoms with van der Waals surface area (Å²) in [7, 11) is 3.02. The topological polar surface area (TPSA) is 66.9 Å². The molecule has 1 saturated heterocycles. The molecule has 7 heteroatoms. The molecular formula is C17H21ClN2O4. The van der Waals surface area contributed by atoms with Crippen LogP contribution in [0.2, 0.25) is 5.02 Å². The van der Waals surface area contributed by atoms with Crippen LogP contribution < -0.4 is 4.90 Å². The van der Waals surface area contributed by atoms with E-state index in [1.54, 1.807) is 35.0 Å². The second-order valence-corrected chi connectivity index (χ2v) is 6.20. The van der Waals surface area contributed by atoms with Crippen LogP contribution in [0.3, 0.4) is 0 Å². The number of carbonyl (C=O) groups is 3. The maximum Gasteiger partial charge on any atom is 0.305 e. The third-order valence-corrected chi connectivity index (χ3v) is 4.42. The van der Waals surface area contributed by atoms with E-state index in [2.05, 4.69) is 4.74 Å². The molecule has 1 aliphatic heterocycles. The highest BCUT2D eigenvalue weighted by atomic mass is 35.5. The number of esters is 1. The molecule has 2 amide bonds. The van der Waals surface area contributed by atoms with Gasteiger partial charge >= 0.3 is 5.97 Å². The SMILES string of the molecule is COC(=O)CCCN(C)C(=O)C1CC(=O)N(c2ccccc2Cl)C1. The first-order valence-corrected chi connectivity index (χ1v) is 8.18. The van der Waals surface area contributed by atoms with Gasteiger partial charge in [-0.15, -0.1) is 0 Å². The van der Waals surface area contributed by atoms with Crippen molar-refractivity contribution in [3.05, 3.63) is 29.3 Å². The van der Waals surface area contributed by atoms with Crippen molar-refractivity contribution in [1.29, 1.82) is 0 Å². The normalized spacial score (nSPS) is 17.0. The summed E-state index contributed by atoms with van der Waals surface area (Å²) < 4.78 is 4.57. The highest BCUT2D eigenvalue weighted by Crippen LogP contribution is 2.31. The van der Waals surface area contributed by atoms with Crippen LogP contribution >= 0.6 is 11.6 Å². The average Bonchev–Trinajstić information content (AvgIpc) is 2.95. The predicted octanol–water partition coefficient (Wildman–Crippen LogP) is 2.10. The second-order valence-electron chi connectivity index (χ2n) is 5.80. The van der Waals surface area contributed by atoms with E-state index in [0.717, 1.165) is 0 Å². The molecule has 1 unspecified atom stereocenters. The third-order valence-electron chi connectivity index (χ3n) is 4.10. The monoisotopic (exact) mass is 352 g/mol. The lowest BCUT2D eigenvalue weighted by Crippen LogP contribution is -2.35. The lowest BCUT2D eigenvalue weighted by atomic mass is 10.1. The number of rotatable bonds is 6. The Balaban J connectivity index is 1.93. The van der Waals surface area contributed by atoms with Crippen LogP contribution in [0.25, 0.3) is 0 Å². The molecule has 0 radical (unpaired) electrons. The molecule has 0 aromatic heterocycles. The van der Waals surface area contributed by atoms with Crippen LogP contribution in [-0.2, 0) is 19.1 Å². The number of para-hydroxylation sites is 1. The minimum atomic E-state index is -0.392. The first-order chi connectivity index (χ1) is 11.4. The second kappa shape index (κ2) is 8.15. The molecule has 1 aromatic rings. The maximum atomic E-state index is 12.5. The number of benzene rings is 1. The molecule has 1 aliphatic rings. The molecule has 2 rings (SSSR count). The first-order valence-electron chi connectivity index (χ1n) is 7.80. The summed E-state index contributed by atoms with van der Waals surface area (Å²) in [6, 6.07) is 7.10. The van der Waals surface area contributed by atoms with E-state index >= 15 is 0 Å². The van der Waals surface area contributed by atoms with E-state index in [1.165, 1.54) is 7.11 Å². The van der Waals surface area contributed by atoms with Crippen molar-refractivity contribution in [3.63, 3.8) is 0 Å². The predicted molar refractivity (Wildman–Crippen MR) is 90.8 cm³/mol. The number of amides is 2. The minimum absolute atomic E-state index is 0.0947. The van der Waals surface area contributed by atoms with Crippen LogP contribution in [0.15, 0.2) is 24.3 Å². The summed E-state index contributed by atoms with van der Waals surface area (Å²) in [5.74, 6) is -0.888. The molecule has 1 fully saturated rings.